The minimum Gasteiger partial charge on any atom is -0.506 e. The van der Waals surface area contributed by atoms with Crippen LogP contribution in [0.25, 0.3) is 0 Å². The van der Waals surface area contributed by atoms with Crippen LogP contribution >= 0.6 is 11.6 Å². The number of rotatable bonds is 11. The Kier molecular flexibility index (Phi) is 9.73. The van der Waals surface area contributed by atoms with Crippen molar-refractivity contribution >= 4 is 27.7 Å². The van der Waals surface area contributed by atoms with Crippen LogP contribution in [0.4, 0.5) is 4.79 Å². The molecule has 2 unspecified atom stereocenters. The predicted octanol–water partition coefficient (Wildman–Crippen LogP) is 3.15. The molecule has 2 fully saturated rings. The summed E-state index contributed by atoms with van der Waals surface area (Å²) in [4.78, 5) is 12.8. The van der Waals surface area contributed by atoms with Crippen LogP contribution in [-0.2, 0) is 30.7 Å². The number of halogens is 1. The first-order valence-electron chi connectivity index (χ1n) is 13.0. The Morgan fingerprint density at radius 2 is 1.92 bits per heavy atom. The molecule has 2 aliphatic rings. The summed E-state index contributed by atoms with van der Waals surface area (Å²) < 4.78 is 44.9. The number of nitrogens with one attached hydrogen (secondary N) is 1. The van der Waals surface area contributed by atoms with E-state index >= 15 is 0 Å². The van der Waals surface area contributed by atoms with Gasteiger partial charge >= 0.3 is 6.09 Å². The Morgan fingerprint density at radius 1 is 1.18 bits per heavy atom. The molecule has 2 aliphatic heterocycles. The molecule has 2 heterocycles. The summed E-state index contributed by atoms with van der Waals surface area (Å²) in [5, 5.41) is 24.1. The first-order valence-corrected chi connectivity index (χ1v) is 14.8. The highest BCUT2D eigenvalue weighted by atomic mass is 35.5. The van der Waals surface area contributed by atoms with Crippen molar-refractivity contribution in [3.63, 3.8) is 0 Å². The molecule has 0 bridgehead atoms. The number of carbonyl (C=O) groups is 1. The fourth-order valence-corrected chi connectivity index (χ4v) is 6.60. The molecule has 5 atom stereocenters. The van der Waals surface area contributed by atoms with Gasteiger partial charge in [0.05, 0.1) is 41.2 Å². The molecule has 214 valence electrons. The van der Waals surface area contributed by atoms with Crippen LogP contribution in [0.15, 0.2) is 53.4 Å². The van der Waals surface area contributed by atoms with Gasteiger partial charge in [-0.1, -0.05) is 55.8 Å². The fourth-order valence-electron chi connectivity index (χ4n) is 4.84. The van der Waals surface area contributed by atoms with Crippen molar-refractivity contribution in [2.45, 2.75) is 56.1 Å². The number of sulfonamides is 1. The monoisotopic (exact) mass is 582 g/mol. The average molecular weight is 583 g/mol. The van der Waals surface area contributed by atoms with Crippen LogP contribution < -0.4 is 5.32 Å². The molecular weight excluding hydrogens is 548 g/mol. The highest BCUT2D eigenvalue weighted by molar-refractivity contribution is 7.89. The Bertz CT molecular complexity index is 1230. The third-order valence-electron chi connectivity index (χ3n) is 6.82. The zero-order valence-electron chi connectivity index (χ0n) is 21.9. The number of phenolic OH excluding ortho intramolecular Hbond substituents is 1. The molecule has 4 rings (SSSR count). The summed E-state index contributed by atoms with van der Waals surface area (Å²) in [5.74, 6) is -0.474. The number of amides is 1. The first-order chi connectivity index (χ1) is 18.5. The third kappa shape index (κ3) is 7.41. The van der Waals surface area contributed by atoms with E-state index in [1.54, 1.807) is 0 Å². The molecule has 10 nitrogen and oxygen atoms in total. The summed E-state index contributed by atoms with van der Waals surface area (Å²) in [6, 6.07) is 12.1. The van der Waals surface area contributed by atoms with Crippen molar-refractivity contribution in [2.24, 2.45) is 11.8 Å². The van der Waals surface area contributed by atoms with E-state index in [-0.39, 0.29) is 59.9 Å². The number of nitrogens with zero attached hydrogens (tertiary/aromatic N) is 1. The summed E-state index contributed by atoms with van der Waals surface area (Å²) in [6.45, 7) is 4.28. The number of hydrogen-bond acceptors (Lipinski definition) is 8. The molecule has 1 amide bonds. The largest absolute Gasteiger partial charge is 0.506 e. The lowest BCUT2D eigenvalue weighted by Crippen LogP contribution is -2.51. The molecule has 0 radical (unpaired) electrons. The molecule has 2 aromatic rings. The van der Waals surface area contributed by atoms with Crippen LogP contribution in [0.3, 0.4) is 0 Å². The molecule has 0 saturated carbocycles. The normalized spacial score (nSPS) is 22.6. The van der Waals surface area contributed by atoms with E-state index in [9.17, 15) is 23.4 Å². The molecule has 3 N–H and O–H groups in total. The second-order valence-electron chi connectivity index (χ2n) is 10.3. The average Bonchev–Trinajstić information content (AvgIpc) is 3.50. The number of ether oxygens (including phenoxy) is 3. The summed E-state index contributed by atoms with van der Waals surface area (Å²) in [5.41, 5.74) is 0.844. The fraction of sp³-hybridized carbons (Fsp3) is 0.519. The maximum Gasteiger partial charge on any atom is 0.407 e. The number of aliphatic hydroxyl groups excluding tert-OH is 1. The topological polar surface area (TPSA) is 135 Å². The lowest BCUT2D eigenvalue weighted by molar-refractivity contribution is -0.0907. The van der Waals surface area contributed by atoms with Gasteiger partial charge in [0.25, 0.3) is 0 Å². The minimum atomic E-state index is -4.11. The van der Waals surface area contributed by atoms with Gasteiger partial charge in [0.1, 0.15) is 11.9 Å². The van der Waals surface area contributed by atoms with Gasteiger partial charge in [-0.25, -0.2) is 13.2 Å². The van der Waals surface area contributed by atoms with E-state index in [2.05, 4.69) is 5.32 Å². The second-order valence-corrected chi connectivity index (χ2v) is 12.7. The molecule has 12 heteroatoms. The highest BCUT2D eigenvalue weighted by Crippen LogP contribution is 2.33. The standard InChI is InChI=1S/C27H35ClN2O8S/c1-17(2)14-30(39(34,35)19-8-9-21(28)23(31)13-19)15-24(32)22(12-18-6-4-3-5-7-18)29-27(33)38-25-16-37-26-20(25)10-11-36-26/h3-9,13,17,20,22,24-26,31-32H,10-12,14-16H2,1-2H3,(H,29,33)/t20?,22-,24+,25?,26+/m0/s1. The van der Waals surface area contributed by atoms with Crippen LogP contribution in [-0.4, -0.2) is 79.9 Å². The lowest BCUT2D eigenvalue weighted by atomic mass is 10.0. The maximum atomic E-state index is 13.5. The van der Waals surface area contributed by atoms with Crippen molar-refractivity contribution in [3.8, 4) is 5.75 Å². The van der Waals surface area contributed by atoms with Gasteiger partial charge in [-0.3, -0.25) is 0 Å². The van der Waals surface area contributed by atoms with Gasteiger partial charge in [-0.2, -0.15) is 4.31 Å². The molecular formula is C27H35ClN2O8S. The van der Waals surface area contributed by atoms with Crippen LogP contribution in [0.5, 0.6) is 5.75 Å². The Balaban J connectivity index is 1.52. The zero-order chi connectivity index (χ0) is 28.2. The molecule has 2 aromatic carbocycles. The number of aromatic hydroxyl groups is 1. The number of carbonyl (C=O) groups excluding carboxylic acids is 1. The Labute approximate surface area is 233 Å². The van der Waals surface area contributed by atoms with Crippen molar-refractivity contribution in [1.82, 2.24) is 9.62 Å². The minimum absolute atomic E-state index is 0.0261. The first kappa shape index (κ1) is 29.6. The highest BCUT2D eigenvalue weighted by Gasteiger charge is 2.44. The van der Waals surface area contributed by atoms with E-state index in [1.165, 1.54) is 12.1 Å². The number of benzene rings is 2. The number of alkyl carbamates (subject to hydrolysis) is 1. The Hall–Kier alpha value is -2.41. The number of hydrogen-bond donors (Lipinski definition) is 3. The van der Waals surface area contributed by atoms with Crippen molar-refractivity contribution < 1.29 is 37.6 Å². The maximum absolute atomic E-state index is 13.5. The van der Waals surface area contributed by atoms with Gasteiger partial charge in [0, 0.05) is 19.2 Å². The van der Waals surface area contributed by atoms with Gasteiger partial charge in [0.2, 0.25) is 10.0 Å². The molecule has 0 aliphatic carbocycles. The number of phenols is 1. The summed E-state index contributed by atoms with van der Waals surface area (Å²) in [6.07, 6.45) is -1.89. The predicted molar refractivity (Wildman–Crippen MR) is 144 cm³/mol. The van der Waals surface area contributed by atoms with E-state index in [0.717, 1.165) is 22.4 Å². The van der Waals surface area contributed by atoms with Crippen LogP contribution in [0.1, 0.15) is 25.8 Å². The molecule has 39 heavy (non-hydrogen) atoms. The van der Waals surface area contributed by atoms with E-state index < -0.39 is 34.4 Å². The van der Waals surface area contributed by atoms with Crippen molar-refractivity contribution in [2.75, 3.05) is 26.3 Å². The van der Waals surface area contributed by atoms with E-state index in [0.29, 0.717) is 6.61 Å². The molecule has 0 spiro atoms. The zero-order valence-corrected chi connectivity index (χ0v) is 23.5. The van der Waals surface area contributed by atoms with Crippen LogP contribution in [0, 0.1) is 11.8 Å². The number of aliphatic hydroxyl groups is 1. The van der Waals surface area contributed by atoms with E-state index in [4.69, 9.17) is 25.8 Å². The quantitative estimate of drug-likeness (QED) is 0.368. The van der Waals surface area contributed by atoms with Gasteiger partial charge in [0.15, 0.2) is 6.29 Å². The van der Waals surface area contributed by atoms with Gasteiger partial charge in [-0.05, 0) is 36.5 Å². The van der Waals surface area contributed by atoms with Gasteiger partial charge in [-0.15, -0.1) is 0 Å². The van der Waals surface area contributed by atoms with Crippen molar-refractivity contribution in [3.05, 3.63) is 59.1 Å². The van der Waals surface area contributed by atoms with Crippen LogP contribution in [0.2, 0.25) is 5.02 Å². The molecule has 2 saturated heterocycles. The second kappa shape index (κ2) is 12.8. The lowest BCUT2D eigenvalue weighted by Gasteiger charge is -2.31. The smallest absolute Gasteiger partial charge is 0.407 e. The molecule has 0 aromatic heterocycles. The number of fused-ring (bicyclic) bond motifs is 1. The van der Waals surface area contributed by atoms with Gasteiger partial charge < -0.3 is 29.7 Å². The SMILES string of the molecule is CC(C)CN(C[C@@H](O)[C@H](Cc1ccccc1)NC(=O)OC1CO[C@H]2OCCC12)S(=O)(=O)c1ccc(Cl)c(O)c1. The van der Waals surface area contributed by atoms with E-state index in [1.807, 2.05) is 44.2 Å². The Morgan fingerprint density at radius 3 is 2.62 bits per heavy atom. The summed E-state index contributed by atoms with van der Waals surface area (Å²) >= 11 is 5.87. The third-order valence-corrected chi connectivity index (χ3v) is 8.97. The van der Waals surface area contributed by atoms with Crippen molar-refractivity contribution in [1.29, 1.82) is 0 Å². The summed E-state index contributed by atoms with van der Waals surface area (Å²) in [7, 11) is -4.11.